The first-order chi connectivity index (χ1) is 11.1. The van der Waals surface area contributed by atoms with Gasteiger partial charge in [0.1, 0.15) is 5.75 Å². The first-order valence-electron chi connectivity index (χ1n) is 8.14. The number of rotatable bonds is 3. The molecule has 1 aromatic rings. The minimum atomic E-state index is -0.515. The zero-order chi connectivity index (χ0) is 16.4. The van der Waals surface area contributed by atoms with Crippen LogP contribution in [0.25, 0.3) is 0 Å². The van der Waals surface area contributed by atoms with E-state index in [1.807, 2.05) is 29.2 Å². The van der Waals surface area contributed by atoms with Gasteiger partial charge < -0.3 is 19.9 Å². The van der Waals surface area contributed by atoms with Gasteiger partial charge in [0, 0.05) is 38.6 Å². The summed E-state index contributed by atoms with van der Waals surface area (Å²) in [6, 6.07) is 7.78. The molecule has 0 saturated carbocycles. The van der Waals surface area contributed by atoms with Gasteiger partial charge in [-0.25, -0.2) is 0 Å². The number of carbonyl (C=O) groups excluding carboxylic acids is 2. The lowest BCUT2D eigenvalue weighted by molar-refractivity contribution is -0.132. The van der Waals surface area contributed by atoms with Gasteiger partial charge in [-0.05, 0) is 26.0 Å². The molecule has 1 fully saturated rings. The van der Waals surface area contributed by atoms with Crippen LogP contribution >= 0.6 is 12.4 Å². The molecule has 2 atom stereocenters. The van der Waals surface area contributed by atoms with Crippen molar-refractivity contribution < 1.29 is 14.3 Å². The van der Waals surface area contributed by atoms with E-state index in [0.29, 0.717) is 24.8 Å². The standard InChI is InChI=1S/C17H23N3O3.ClH/c1-12-11-19(10-8-18-12)16(21)7-9-20-14-5-3-4-6-15(14)23-13(2)17(20)22;/h3-6,12-13,18H,7-11H2,1-2H3;1H. The fourth-order valence-electron chi connectivity index (χ4n) is 3.11. The molecule has 132 valence electrons. The lowest BCUT2D eigenvalue weighted by Gasteiger charge is -2.35. The molecule has 7 heteroatoms. The Kier molecular flexibility index (Phi) is 6.07. The molecule has 2 aliphatic rings. The van der Waals surface area contributed by atoms with Crippen molar-refractivity contribution in [2.24, 2.45) is 0 Å². The molecule has 2 unspecified atom stereocenters. The number of para-hydroxylation sites is 2. The summed E-state index contributed by atoms with van der Waals surface area (Å²) in [6.07, 6.45) is -0.182. The molecule has 0 radical (unpaired) electrons. The first-order valence-corrected chi connectivity index (χ1v) is 8.14. The van der Waals surface area contributed by atoms with Crippen molar-refractivity contribution in [2.45, 2.75) is 32.4 Å². The van der Waals surface area contributed by atoms with E-state index < -0.39 is 6.10 Å². The van der Waals surface area contributed by atoms with E-state index in [1.165, 1.54) is 0 Å². The first kappa shape index (κ1) is 18.5. The second-order valence-electron chi connectivity index (χ2n) is 6.16. The number of ether oxygens (including phenoxy) is 1. The van der Waals surface area contributed by atoms with E-state index in [-0.39, 0.29) is 24.2 Å². The molecule has 24 heavy (non-hydrogen) atoms. The van der Waals surface area contributed by atoms with E-state index in [1.54, 1.807) is 11.8 Å². The van der Waals surface area contributed by atoms with Crippen LogP contribution in [0.1, 0.15) is 20.3 Å². The molecule has 1 saturated heterocycles. The summed E-state index contributed by atoms with van der Waals surface area (Å²) in [5.74, 6) is 0.704. The second kappa shape index (κ2) is 7.85. The summed E-state index contributed by atoms with van der Waals surface area (Å²) in [7, 11) is 0. The molecule has 6 nitrogen and oxygen atoms in total. The van der Waals surface area contributed by atoms with Crippen LogP contribution in [0.5, 0.6) is 5.75 Å². The third kappa shape index (κ3) is 3.82. The topological polar surface area (TPSA) is 61.9 Å². The van der Waals surface area contributed by atoms with E-state index >= 15 is 0 Å². The molecule has 2 heterocycles. The van der Waals surface area contributed by atoms with Gasteiger partial charge in [0.2, 0.25) is 5.91 Å². The predicted octanol–water partition coefficient (Wildman–Crippen LogP) is 1.43. The highest BCUT2D eigenvalue weighted by Gasteiger charge is 2.31. The monoisotopic (exact) mass is 353 g/mol. The highest BCUT2D eigenvalue weighted by Crippen LogP contribution is 2.33. The SMILES string of the molecule is CC1CN(C(=O)CCN2C(=O)C(C)Oc3ccccc32)CCN1.Cl. The third-order valence-electron chi connectivity index (χ3n) is 4.34. The number of halogens is 1. The van der Waals surface area contributed by atoms with Crippen molar-refractivity contribution in [1.82, 2.24) is 10.2 Å². The maximum Gasteiger partial charge on any atom is 0.267 e. The Morgan fingerprint density at radius 2 is 2.08 bits per heavy atom. The van der Waals surface area contributed by atoms with E-state index in [9.17, 15) is 9.59 Å². The number of nitrogens with zero attached hydrogens (tertiary/aromatic N) is 2. The van der Waals surface area contributed by atoms with Crippen molar-refractivity contribution in [3.05, 3.63) is 24.3 Å². The van der Waals surface area contributed by atoms with Gasteiger partial charge in [0.25, 0.3) is 5.91 Å². The minimum absolute atomic E-state index is 0. The molecular weight excluding hydrogens is 330 g/mol. The van der Waals surface area contributed by atoms with Crippen LogP contribution < -0.4 is 15.0 Å². The lowest BCUT2D eigenvalue weighted by atomic mass is 10.1. The Balaban J connectivity index is 0.00000208. The fourth-order valence-corrected chi connectivity index (χ4v) is 3.11. The molecule has 0 aromatic heterocycles. The lowest BCUT2D eigenvalue weighted by Crippen LogP contribution is -2.52. The van der Waals surface area contributed by atoms with Crippen molar-refractivity contribution >= 4 is 29.9 Å². The van der Waals surface area contributed by atoms with Gasteiger partial charge in [0.05, 0.1) is 5.69 Å². The summed E-state index contributed by atoms with van der Waals surface area (Å²) in [5, 5.41) is 3.32. The number of benzene rings is 1. The van der Waals surface area contributed by atoms with Crippen molar-refractivity contribution in [3.63, 3.8) is 0 Å². The van der Waals surface area contributed by atoms with Crippen LogP contribution in [0.15, 0.2) is 24.3 Å². The van der Waals surface area contributed by atoms with Crippen molar-refractivity contribution in [3.8, 4) is 5.75 Å². The van der Waals surface area contributed by atoms with Gasteiger partial charge in [0.15, 0.2) is 6.10 Å². The van der Waals surface area contributed by atoms with Crippen LogP contribution in [-0.4, -0.2) is 55.0 Å². The maximum absolute atomic E-state index is 12.4. The number of piperazine rings is 1. The number of carbonyl (C=O) groups is 2. The molecule has 1 N–H and O–H groups in total. The van der Waals surface area contributed by atoms with Crippen molar-refractivity contribution in [2.75, 3.05) is 31.1 Å². The highest BCUT2D eigenvalue weighted by atomic mass is 35.5. The Bertz CT molecular complexity index is 610. The summed E-state index contributed by atoms with van der Waals surface area (Å²) in [6.45, 7) is 6.48. The Labute approximate surface area is 148 Å². The molecule has 0 aliphatic carbocycles. The van der Waals surface area contributed by atoms with E-state index in [0.717, 1.165) is 25.3 Å². The van der Waals surface area contributed by atoms with Gasteiger partial charge in [-0.1, -0.05) is 12.1 Å². The smallest absolute Gasteiger partial charge is 0.267 e. The van der Waals surface area contributed by atoms with Crippen molar-refractivity contribution in [1.29, 1.82) is 0 Å². The Morgan fingerprint density at radius 1 is 1.33 bits per heavy atom. The highest BCUT2D eigenvalue weighted by molar-refractivity contribution is 6.00. The largest absolute Gasteiger partial charge is 0.479 e. The zero-order valence-corrected chi connectivity index (χ0v) is 14.8. The molecule has 2 aliphatic heterocycles. The van der Waals surface area contributed by atoms with Gasteiger partial charge in [-0.2, -0.15) is 0 Å². The Hall–Kier alpha value is -1.79. The summed E-state index contributed by atoms with van der Waals surface area (Å²) < 4.78 is 5.62. The van der Waals surface area contributed by atoms with Crippen LogP contribution in [0, 0.1) is 0 Å². The number of hydrogen-bond donors (Lipinski definition) is 1. The average Bonchev–Trinajstić information content (AvgIpc) is 2.55. The molecule has 2 amide bonds. The molecule has 1 aromatic carbocycles. The van der Waals surface area contributed by atoms with Crippen LogP contribution in [-0.2, 0) is 9.59 Å². The number of fused-ring (bicyclic) bond motifs is 1. The van der Waals surface area contributed by atoms with E-state index in [4.69, 9.17) is 4.74 Å². The van der Waals surface area contributed by atoms with Crippen LogP contribution in [0.3, 0.4) is 0 Å². The summed E-state index contributed by atoms with van der Waals surface area (Å²) in [5.41, 5.74) is 0.747. The van der Waals surface area contributed by atoms with Gasteiger partial charge >= 0.3 is 0 Å². The normalized spacial score (nSPS) is 23.2. The average molecular weight is 354 g/mol. The van der Waals surface area contributed by atoms with Gasteiger partial charge in [-0.15, -0.1) is 12.4 Å². The number of amides is 2. The molecular formula is C17H24ClN3O3. The third-order valence-corrected chi connectivity index (χ3v) is 4.34. The fraction of sp³-hybridized carbons (Fsp3) is 0.529. The summed E-state index contributed by atoms with van der Waals surface area (Å²) >= 11 is 0. The quantitative estimate of drug-likeness (QED) is 0.893. The van der Waals surface area contributed by atoms with E-state index in [2.05, 4.69) is 12.2 Å². The predicted molar refractivity (Wildman–Crippen MR) is 94.8 cm³/mol. The number of nitrogens with one attached hydrogen (secondary N) is 1. The van der Waals surface area contributed by atoms with Crippen LogP contribution in [0.4, 0.5) is 5.69 Å². The van der Waals surface area contributed by atoms with Gasteiger partial charge in [-0.3, -0.25) is 9.59 Å². The maximum atomic E-state index is 12.4. The number of anilines is 1. The zero-order valence-electron chi connectivity index (χ0n) is 14.0. The summed E-state index contributed by atoms with van der Waals surface area (Å²) in [4.78, 5) is 28.4. The van der Waals surface area contributed by atoms with Crippen LogP contribution in [0.2, 0.25) is 0 Å². The molecule has 0 bridgehead atoms. The second-order valence-corrected chi connectivity index (χ2v) is 6.16. The molecule has 3 rings (SSSR count). The minimum Gasteiger partial charge on any atom is -0.479 e. The Morgan fingerprint density at radius 3 is 2.83 bits per heavy atom. The number of hydrogen-bond acceptors (Lipinski definition) is 4. The molecule has 0 spiro atoms.